The van der Waals surface area contributed by atoms with Crippen LogP contribution in [0.3, 0.4) is 0 Å². The molecule has 2 atom stereocenters. The smallest absolute Gasteiger partial charge is 0.321 e. The van der Waals surface area contributed by atoms with E-state index in [1.165, 1.54) is 0 Å². The average Bonchev–Trinajstić information content (AvgIpc) is 2.38. The first-order chi connectivity index (χ1) is 8.95. The van der Waals surface area contributed by atoms with E-state index < -0.39 is 6.03 Å². The first-order valence-corrected chi connectivity index (χ1v) is 7.04. The Labute approximate surface area is 115 Å². The summed E-state index contributed by atoms with van der Waals surface area (Å²) in [4.78, 5) is 25.3. The lowest BCUT2D eigenvalue weighted by Gasteiger charge is -2.36. The zero-order valence-electron chi connectivity index (χ0n) is 12.1. The number of hydrogen-bond donors (Lipinski definition) is 3. The van der Waals surface area contributed by atoms with Crippen LogP contribution in [0.1, 0.15) is 33.6 Å². The van der Waals surface area contributed by atoms with Crippen molar-refractivity contribution in [1.82, 2.24) is 15.5 Å². The maximum atomic E-state index is 11.9. The van der Waals surface area contributed by atoms with E-state index in [9.17, 15) is 9.59 Å². The van der Waals surface area contributed by atoms with Crippen LogP contribution in [-0.2, 0) is 4.79 Å². The third-order valence-corrected chi connectivity index (χ3v) is 3.82. The number of nitrogens with one attached hydrogen (secondary N) is 2. The van der Waals surface area contributed by atoms with Gasteiger partial charge in [0, 0.05) is 12.6 Å². The number of piperidine rings is 1. The van der Waals surface area contributed by atoms with E-state index >= 15 is 0 Å². The standard InChI is InChI=1S/C13H26N4O2/c1-4-15-13(19)16-12(18)10(3)17-7-5-11(6-8-17)9(2)14/h9-11H,4-8,14H2,1-3H3,(H2,15,16,18,19). The minimum atomic E-state index is -0.426. The van der Waals surface area contributed by atoms with Crippen LogP contribution in [0.15, 0.2) is 0 Å². The highest BCUT2D eigenvalue weighted by atomic mass is 16.2. The van der Waals surface area contributed by atoms with E-state index in [0.717, 1.165) is 25.9 Å². The molecule has 1 fully saturated rings. The van der Waals surface area contributed by atoms with Crippen molar-refractivity contribution in [2.75, 3.05) is 19.6 Å². The van der Waals surface area contributed by atoms with E-state index in [0.29, 0.717) is 12.5 Å². The van der Waals surface area contributed by atoms with Gasteiger partial charge in [0.15, 0.2) is 0 Å². The van der Waals surface area contributed by atoms with Crippen LogP contribution in [0, 0.1) is 5.92 Å². The minimum absolute atomic E-state index is 0.210. The van der Waals surface area contributed by atoms with Crippen LogP contribution in [0.4, 0.5) is 4.79 Å². The third kappa shape index (κ3) is 4.80. The van der Waals surface area contributed by atoms with Gasteiger partial charge in [-0.1, -0.05) is 0 Å². The zero-order valence-corrected chi connectivity index (χ0v) is 12.1. The molecule has 0 spiro atoms. The fraction of sp³-hybridized carbons (Fsp3) is 0.846. The lowest BCUT2D eigenvalue weighted by molar-refractivity contribution is -0.125. The summed E-state index contributed by atoms with van der Waals surface area (Å²) in [6.07, 6.45) is 2.02. The van der Waals surface area contributed by atoms with E-state index in [2.05, 4.69) is 15.5 Å². The van der Waals surface area contributed by atoms with Crippen LogP contribution in [-0.4, -0.2) is 48.6 Å². The summed E-state index contributed by atoms with van der Waals surface area (Å²) in [6.45, 7) is 7.90. The van der Waals surface area contributed by atoms with Crippen LogP contribution in [0.5, 0.6) is 0 Å². The summed E-state index contributed by atoms with van der Waals surface area (Å²) in [6, 6.07) is -0.497. The van der Waals surface area contributed by atoms with Gasteiger partial charge in [-0.25, -0.2) is 4.79 Å². The fourth-order valence-corrected chi connectivity index (χ4v) is 2.42. The Hall–Kier alpha value is -1.14. The average molecular weight is 270 g/mol. The predicted molar refractivity (Wildman–Crippen MR) is 74.6 cm³/mol. The van der Waals surface area contributed by atoms with Crippen molar-refractivity contribution in [1.29, 1.82) is 0 Å². The molecule has 1 aliphatic rings. The number of amides is 3. The largest absolute Gasteiger partial charge is 0.338 e. The van der Waals surface area contributed by atoms with Crippen LogP contribution in [0.25, 0.3) is 0 Å². The minimum Gasteiger partial charge on any atom is -0.338 e. The lowest BCUT2D eigenvalue weighted by Crippen LogP contribution is -2.52. The molecule has 2 unspecified atom stereocenters. The Kier molecular flexibility index (Phi) is 6.24. The maximum Gasteiger partial charge on any atom is 0.321 e. The van der Waals surface area contributed by atoms with Gasteiger partial charge in [0.2, 0.25) is 5.91 Å². The number of nitrogens with zero attached hydrogens (tertiary/aromatic N) is 1. The SMILES string of the molecule is CCNC(=O)NC(=O)C(C)N1CCC(C(C)N)CC1. The van der Waals surface area contributed by atoms with Crippen LogP contribution >= 0.6 is 0 Å². The Morgan fingerprint density at radius 1 is 1.32 bits per heavy atom. The second-order valence-electron chi connectivity index (χ2n) is 5.26. The van der Waals surface area contributed by atoms with Crippen molar-refractivity contribution in [2.45, 2.75) is 45.7 Å². The molecule has 6 heteroatoms. The van der Waals surface area contributed by atoms with E-state index in [-0.39, 0.29) is 18.0 Å². The molecular formula is C13H26N4O2. The number of imide groups is 1. The number of nitrogens with two attached hydrogens (primary N) is 1. The molecule has 0 saturated carbocycles. The number of urea groups is 1. The Balaban J connectivity index is 2.40. The van der Waals surface area contributed by atoms with Gasteiger partial charge in [-0.15, -0.1) is 0 Å². The van der Waals surface area contributed by atoms with Gasteiger partial charge in [0.1, 0.15) is 0 Å². The second kappa shape index (κ2) is 7.45. The summed E-state index contributed by atoms with van der Waals surface area (Å²) in [5.74, 6) is 0.292. The molecule has 19 heavy (non-hydrogen) atoms. The van der Waals surface area contributed by atoms with Gasteiger partial charge >= 0.3 is 6.03 Å². The Morgan fingerprint density at radius 2 is 1.89 bits per heavy atom. The molecule has 1 heterocycles. The summed E-state index contributed by atoms with van der Waals surface area (Å²) >= 11 is 0. The summed E-state index contributed by atoms with van der Waals surface area (Å²) < 4.78 is 0. The molecule has 1 saturated heterocycles. The van der Waals surface area contributed by atoms with E-state index in [1.807, 2.05) is 20.8 Å². The summed E-state index contributed by atoms with van der Waals surface area (Å²) in [7, 11) is 0. The summed E-state index contributed by atoms with van der Waals surface area (Å²) in [5, 5.41) is 4.91. The van der Waals surface area contributed by atoms with Crippen LogP contribution < -0.4 is 16.4 Å². The monoisotopic (exact) mass is 270 g/mol. The Morgan fingerprint density at radius 3 is 2.37 bits per heavy atom. The highest BCUT2D eigenvalue weighted by molar-refractivity contribution is 5.96. The molecule has 1 rings (SSSR count). The molecule has 0 radical (unpaired) electrons. The van der Waals surface area contributed by atoms with Crippen molar-refractivity contribution < 1.29 is 9.59 Å². The van der Waals surface area contributed by atoms with Gasteiger partial charge in [0.05, 0.1) is 6.04 Å². The molecular weight excluding hydrogens is 244 g/mol. The molecule has 0 aromatic carbocycles. The first kappa shape index (κ1) is 15.9. The maximum absolute atomic E-state index is 11.9. The highest BCUT2D eigenvalue weighted by Gasteiger charge is 2.28. The summed E-state index contributed by atoms with van der Waals surface area (Å²) in [5.41, 5.74) is 5.90. The van der Waals surface area contributed by atoms with Crippen LogP contribution in [0.2, 0.25) is 0 Å². The van der Waals surface area contributed by atoms with E-state index in [4.69, 9.17) is 5.73 Å². The second-order valence-corrected chi connectivity index (χ2v) is 5.26. The normalized spacial score (nSPS) is 20.6. The van der Waals surface area contributed by atoms with E-state index in [1.54, 1.807) is 0 Å². The number of hydrogen-bond acceptors (Lipinski definition) is 4. The molecule has 110 valence electrons. The molecule has 4 N–H and O–H groups in total. The van der Waals surface area contributed by atoms with Crippen molar-refractivity contribution in [2.24, 2.45) is 11.7 Å². The van der Waals surface area contributed by atoms with Gasteiger partial charge in [-0.05, 0) is 52.6 Å². The molecule has 0 aliphatic carbocycles. The highest BCUT2D eigenvalue weighted by Crippen LogP contribution is 2.20. The van der Waals surface area contributed by atoms with Crippen molar-refractivity contribution in [3.05, 3.63) is 0 Å². The zero-order chi connectivity index (χ0) is 14.4. The Bertz CT molecular complexity index is 312. The number of carbonyl (C=O) groups excluding carboxylic acids is 2. The lowest BCUT2D eigenvalue weighted by atomic mass is 9.90. The van der Waals surface area contributed by atoms with Gasteiger partial charge in [0.25, 0.3) is 0 Å². The fourth-order valence-electron chi connectivity index (χ4n) is 2.42. The first-order valence-electron chi connectivity index (χ1n) is 7.04. The molecule has 1 aliphatic heterocycles. The molecule has 0 aromatic rings. The van der Waals surface area contributed by atoms with Crippen molar-refractivity contribution in [3.8, 4) is 0 Å². The van der Waals surface area contributed by atoms with Gasteiger partial charge in [-0.2, -0.15) is 0 Å². The third-order valence-electron chi connectivity index (χ3n) is 3.82. The number of carbonyl (C=O) groups is 2. The topological polar surface area (TPSA) is 87.5 Å². The van der Waals surface area contributed by atoms with Crippen molar-refractivity contribution in [3.63, 3.8) is 0 Å². The number of likely N-dealkylation sites (tertiary alicyclic amines) is 1. The molecule has 3 amide bonds. The quantitative estimate of drug-likeness (QED) is 0.685. The van der Waals surface area contributed by atoms with Gasteiger partial charge in [-0.3, -0.25) is 15.0 Å². The predicted octanol–water partition coefficient (Wildman–Crippen LogP) is 0.280. The number of rotatable bonds is 4. The molecule has 6 nitrogen and oxygen atoms in total. The molecule has 0 bridgehead atoms. The van der Waals surface area contributed by atoms with Crippen molar-refractivity contribution >= 4 is 11.9 Å². The molecule has 0 aromatic heterocycles. The van der Waals surface area contributed by atoms with Gasteiger partial charge < -0.3 is 11.1 Å².